The van der Waals surface area contributed by atoms with Crippen LogP contribution < -0.4 is 10.2 Å². The molecule has 19 heavy (non-hydrogen) atoms. The Hall–Kier alpha value is -1.49. The first-order chi connectivity index (χ1) is 9.28. The van der Waals surface area contributed by atoms with Gasteiger partial charge in [-0.1, -0.05) is 19.1 Å². The monoisotopic (exact) mass is 278 g/mol. The minimum atomic E-state index is -0.219. The number of thioether (sulfide) groups is 1. The normalized spacial score (nSPS) is 16.6. The maximum absolute atomic E-state index is 11.5. The summed E-state index contributed by atoms with van der Waals surface area (Å²) >= 11 is 1.83. The van der Waals surface area contributed by atoms with E-state index in [9.17, 15) is 4.79 Å². The van der Waals surface area contributed by atoms with Crippen LogP contribution in [0.2, 0.25) is 0 Å². The molecule has 1 amide bonds. The molecule has 1 aromatic carbocycles. The average Bonchev–Trinajstić information content (AvgIpc) is 2.96. The summed E-state index contributed by atoms with van der Waals surface area (Å²) in [5, 5.41) is 4.08. The number of hydrogen-bond donors (Lipinski definition) is 1. The molecule has 2 rings (SSSR count). The van der Waals surface area contributed by atoms with Crippen LogP contribution in [0.1, 0.15) is 18.9 Å². The lowest BCUT2D eigenvalue weighted by atomic mass is 10.2. The zero-order chi connectivity index (χ0) is 13.5. The summed E-state index contributed by atoms with van der Waals surface area (Å²) in [6.45, 7) is 2.10. The molecule has 0 atom stereocenters. The van der Waals surface area contributed by atoms with E-state index in [-0.39, 0.29) is 12.5 Å². The van der Waals surface area contributed by atoms with Gasteiger partial charge in [0.2, 0.25) is 0 Å². The zero-order valence-corrected chi connectivity index (χ0v) is 11.8. The highest BCUT2D eigenvalue weighted by atomic mass is 32.2. The minimum absolute atomic E-state index is 0.00457. The number of carbonyl (C=O) groups excluding carboxylic acids is 1. The van der Waals surface area contributed by atoms with Crippen molar-refractivity contribution in [2.75, 3.05) is 18.1 Å². The summed E-state index contributed by atoms with van der Waals surface area (Å²) in [6.07, 6.45) is 1.96. The molecule has 0 bridgehead atoms. The molecule has 4 nitrogen and oxygen atoms in total. The van der Waals surface area contributed by atoms with Crippen molar-refractivity contribution in [3.63, 3.8) is 0 Å². The summed E-state index contributed by atoms with van der Waals surface area (Å²) < 4.78 is 5.40. The van der Waals surface area contributed by atoms with E-state index in [4.69, 9.17) is 4.74 Å². The maximum Gasteiger partial charge on any atom is 0.277 e. The van der Waals surface area contributed by atoms with Crippen LogP contribution in [-0.4, -0.2) is 29.7 Å². The quantitative estimate of drug-likeness (QED) is 0.840. The Bertz CT molecular complexity index is 449. The van der Waals surface area contributed by atoms with Crippen LogP contribution in [0.4, 0.5) is 0 Å². The topological polar surface area (TPSA) is 50.7 Å². The van der Waals surface area contributed by atoms with Crippen molar-refractivity contribution < 1.29 is 9.53 Å². The fourth-order valence-electron chi connectivity index (χ4n) is 1.68. The van der Waals surface area contributed by atoms with E-state index < -0.39 is 0 Å². The lowest BCUT2D eigenvalue weighted by Crippen LogP contribution is -2.25. The van der Waals surface area contributed by atoms with Crippen LogP contribution in [-0.2, 0) is 11.2 Å². The first-order valence-corrected chi connectivity index (χ1v) is 7.57. The molecule has 1 N–H and O–H groups in total. The SMILES string of the molecule is CCc1ccc(OCC(=O)N/N=C2\CCSC2)cc1. The molecule has 1 aliphatic rings. The second kappa shape index (κ2) is 7.19. The molecule has 0 unspecified atom stereocenters. The van der Waals surface area contributed by atoms with Gasteiger partial charge in [0.1, 0.15) is 5.75 Å². The standard InChI is InChI=1S/C14H18N2O2S/c1-2-11-3-5-13(6-4-11)18-9-14(17)16-15-12-7-8-19-10-12/h3-6H,2,7-10H2,1H3,(H,16,17)/b15-12+. The molecule has 1 saturated heterocycles. The van der Waals surface area contributed by atoms with Gasteiger partial charge in [-0.05, 0) is 36.3 Å². The second-order valence-corrected chi connectivity index (χ2v) is 5.41. The van der Waals surface area contributed by atoms with Crippen LogP contribution >= 0.6 is 11.8 Å². The maximum atomic E-state index is 11.5. The van der Waals surface area contributed by atoms with Gasteiger partial charge in [-0.3, -0.25) is 4.79 Å². The number of hydrazone groups is 1. The van der Waals surface area contributed by atoms with Gasteiger partial charge in [0.15, 0.2) is 6.61 Å². The number of benzene rings is 1. The number of ether oxygens (including phenoxy) is 1. The third-order valence-electron chi connectivity index (χ3n) is 2.84. The Morgan fingerprint density at radius 1 is 1.42 bits per heavy atom. The van der Waals surface area contributed by atoms with Crippen LogP contribution in [0.3, 0.4) is 0 Å². The van der Waals surface area contributed by atoms with Crippen molar-refractivity contribution in [2.24, 2.45) is 5.10 Å². The van der Waals surface area contributed by atoms with Gasteiger partial charge in [0.25, 0.3) is 5.91 Å². The van der Waals surface area contributed by atoms with E-state index in [1.165, 1.54) is 5.56 Å². The Morgan fingerprint density at radius 3 is 2.84 bits per heavy atom. The molecule has 5 heteroatoms. The van der Waals surface area contributed by atoms with E-state index in [0.29, 0.717) is 5.75 Å². The highest BCUT2D eigenvalue weighted by Crippen LogP contribution is 2.14. The van der Waals surface area contributed by atoms with Crippen molar-refractivity contribution in [1.82, 2.24) is 5.43 Å². The minimum Gasteiger partial charge on any atom is -0.484 e. The lowest BCUT2D eigenvalue weighted by molar-refractivity contribution is -0.123. The second-order valence-electron chi connectivity index (χ2n) is 4.30. The molecule has 1 heterocycles. The van der Waals surface area contributed by atoms with Gasteiger partial charge in [-0.25, -0.2) is 5.43 Å². The molecular formula is C14H18N2O2S. The number of rotatable bonds is 5. The number of nitrogens with one attached hydrogen (secondary N) is 1. The van der Waals surface area contributed by atoms with Crippen molar-refractivity contribution in [3.05, 3.63) is 29.8 Å². The number of nitrogens with zero attached hydrogens (tertiary/aromatic N) is 1. The van der Waals surface area contributed by atoms with Crippen molar-refractivity contribution >= 4 is 23.4 Å². The largest absolute Gasteiger partial charge is 0.484 e. The summed E-state index contributed by atoms with van der Waals surface area (Å²) in [6, 6.07) is 7.77. The molecular weight excluding hydrogens is 260 g/mol. The molecule has 102 valence electrons. The fraction of sp³-hybridized carbons (Fsp3) is 0.429. The van der Waals surface area contributed by atoms with E-state index in [1.807, 2.05) is 36.0 Å². The highest BCUT2D eigenvalue weighted by Gasteiger charge is 2.09. The molecule has 1 fully saturated rings. The molecule has 0 radical (unpaired) electrons. The molecule has 0 saturated carbocycles. The third-order valence-corrected chi connectivity index (χ3v) is 3.87. The van der Waals surface area contributed by atoms with Crippen molar-refractivity contribution in [3.8, 4) is 5.75 Å². The predicted molar refractivity (Wildman–Crippen MR) is 78.8 cm³/mol. The molecule has 1 aliphatic heterocycles. The van der Waals surface area contributed by atoms with Crippen LogP contribution in [0.15, 0.2) is 29.4 Å². The van der Waals surface area contributed by atoms with E-state index in [0.717, 1.165) is 30.1 Å². The van der Waals surface area contributed by atoms with Gasteiger partial charge >= 0.3 is 0 Å². The van der Waals surface area contributed by atoms with E-state index >= 15 is 0 Å². The number of aryl methyl sites for hydroxylation is 1. The number of hydrogen-bond acceptors (Lipinski definition) is 4. The molecule has 1 aromatic rings. The number of carbonyl (C=O) groups is 1. The zero-order valence-electron chi connectivity index (χ0n) is 11.0. The van der Waals surface area contributed by atoms with Gasteiger partial charge in [-0.15, -0.1) is 0 Å². The summed E-state index contributed by atoms with van der Waals surface area (Å²) in [4.78, 5) is 11.5. The Morgan fingerprint density at radius 2 is 2.21 bits per heavy atom. The average molecular weight is 278 g/mol. The van der Waals surface area contributed by atoms with Crippen LogP contribution in [0, 0.1) is 0 Å². The third kappa shape index (κ3) is 4.59. The van der Waals surface area contributed by atoms with E-state index in [2.05, 4.69) is 17.5 Å². The Kier molecular flexibility index (Phi) is 5.27. The van der Waals surface area contributed by atoms with Gasteiger partial charge in [0, 0.05) is 11.5 Å². The lowest BCUT2D eigenvalue weighted by Gasteiger charge is -2.06. The van der Waals surface area contributed by atoms with Crippen LogP contribution in [0.5, 0.6) is 5.75 Å². The van der Waals surface area contributed by atoms with Gasteiger partial charge < -0.3 is 4.74 Å². The van der Waals surface area contributed by atoms with Gasteiger partial charge in [0.05, 0.1) is 0 Å². The summed E-state index contributed by atoms with van der Waals surface area (Å²) in [7, 11) is 0. The first-order valence-electron chi connectivity index (χ1n) is 6.41. The fourth-order valence-corrected chi connectivity index (χ4v) is 2.65. The van der Waals surface area contributed by atoms with Crippen LogP contribution in [0.25, 0.3) is 0 Å². The van der Waals surface area contributed by atoms with Crippen molar-refractivity contribution in [2.45, 2.75) is 19.8 Å². The molecule has 0 aromatic heterocycles. The smallest absolute Gasteiger partial charge is 0.277 e. The highest BCUT2D eigenvalue weighted by molar-refractivity contribution is 8.00. The van der Waals surface area contributed by atoms with E-state index in [1.54, 1.807) is 0 Å². The summed E-state index contributed by atoms with van der Waals surface area (Å²) in [5.74, 6) is 2.50. The van der Waals surface area contributed by atoms with Crippen molar-refractivity contribution in [1.29, 1.82) is 0 Å². The first kappa shape index (κ1) is 13.9. The molecule has 0 aliphatic carbocycles. The Labute approximate surface area is 117 Å². The van der Waals surface area contributed by atoms with Gasteiger partial charge in [-0.2, -0.15) is 16.9 Å². The summed E-state index contributed by atoms with van der Waals surface area (Å²) in [5.41, 5.74) is 4.83. The molecule has 0 spiro atoms. The predicted octanol–water partition coefficient (Wildman–Crippen LogP) is 2.24. The Balaban J connectivity index is 1.74. The number of amides is 1.